The predicted molar refractivity (Wildman–Crippen MR) is 82.9 cm³/mol. The average molecular weight is 275 g/mol. The van der Waals surface area contributed by atoms with Gasteiger partial charge >= 0.3 is 0 Å². The summed E-state index contributed by atoms with van der Waals surface area (Å²) in [5, 5.41) is 0. The summed E-state index contributed by atoms with van der Waals surface area (Å²) in [6.45, 7) is 0. The summed E-state index contributed by atoms with van der Waals surface area (Å²) in [7, 11) is 0. The highest BCUT2D eigenvalue weighted by Gasteiger charge is 2.16. The van der Waals surface area contributed by atoms with E-state index in [2.05, 4.69) is 33.2 Å². The molecule has 3 heterocycles. The molecule has 0 N–H and O–H groups in total. The smallest absolute Gasteiger partial charge is 0.0494 e. The Hall–Kier alpha value is -2.55. The van der Waals surface area contributed by atoms with Crippen molar-refractivity contribution in [1.82, 2.24) is 15.0 Å². The van der Waals surface area contributed by atoms with Gasteiger partial charge in [0.1, 0.15) is 0 Å². The second kappa shape index (κ2) is 6.75. The van der Waals surface area contributed by atoms with Crippen LogP contribution in [-0.2, 0) is 6.42 Å². The fourth-order valence-electron chi connectivity index (χ4n) is 2.45. The monoisotopic (exact) mass is 275 g/mol. The van der Waals surface area contributed by atoms with Crippen LogP contribution in [0, 0.1) is 0 Å². The molecule has 0 atom stereocenters. The molecule has 0 saturated carbocycles. The van der Waals surface area contributed by atoms with E-state index in [1.807, 2.05) is 55.0 Å². The molecule has 0 aliphatic carbocycles. The van der Waals surface area contributed by atoms with Crippen molar-refractivity contribution in [3.63, 3.8) is 0 Å². The van der Waals surface area contributed by atoms with Crippen LogP contribution in [0.1, 0.15) is 29.4 Å². The SMILES string of the molecule is c1ccc(CCC(c2ccccn2)c2ccccn2)nc1. The standard InChI is InChI=1S/C18H17N3/c1-4-12-19-15(7-1)10-11-16(17-8-2-5-13-20-17)18-9-3-6-14-21-18/h1-9,12-14,16H,10-11H2. The maximum atomic E-state index is 4.51. The molecule has 0 spiro atoms. The summed E-state index contributed by atoms with van der Waals surface area (Å²) in [6, 6.07) is 18.1. The zero-order valence-electron chi connectivity index (χ0n) is 11.8. The van der Waals surface area contributed by atoms with Crippen LogP contribution in [0.5, 0.6) is 0 Å². The first-order chi connectivity index (χ1) is 10.4. The molecule has 3 nitrogen and oxygen atoms in total. The first kappa shape index (κ1) is 13.4. The van der Waals surface area contributed by atoms with E-state index in [1.165, 1.54) is 0 Å². The van der Waals surface area contributed by atoms with Gasteiger partial charge in [-0.15, -0.1) is 0 Å². The molecular formula is C18H17N3. The second-order valence-electron chi connectivity index (χ2n) is 4.92. The molecule has 3 aromatic heterocycles. The molecule has 0 aliphatic heterocycles. The number of hydrogen-bond acceptors (Lipinski definition) is 3. The highest BCUT2D eigenvalue weighted by Crippen LogP contribution is 2.26. The van der Waals surface area contributed by atoms with Crippen LogP contribution in [0.15, 0.2) is 73.2 Å². The van der Waals surface area contributed by atoms with E-state index in [0.29, 0.717) is 0 Å². The number of rotatable bonds is 5. The molecule has 0 aliphatic rings. The van der Waals surface area contributed by atoms with Crippen molar-refractivity contribution in [2.75, 3.05) is 0 Å². The highest BCUT2D eigenvalue weighted by atomic mass is 14.7. The Balaban J connectivity index is 1.83. The molecule has 3 rings (SSSR count). The number of pyridine rings is 3. The normalized spacial score (nSPS) is 10.7. The van der Waals surface area contributed by atoms with Gasteiger partial charge in [-0.25, -0.2) is 0 Å². The quantitative estimate of drug-likeness (QED) is 0.713. The van der Waals surface area contributed by atoms with Gasteiger partial charge in [0.05, 0.1) is 0 Å². The van der Waals surface area contributed by atoms with Crippen molar-refractivity contribution in [1.29, 1.82) is 0 Å². The molecular weight excluding hydrogens is 258 g/mol. The van der Waals surface area contributed by atoms with Gasteiger partial charge in [0.15, 0.2) is 0 Å². The third-order valence-corrected chi connectivity index (χ3v) is 3.50. The molecule has 0 radical (unpaired) electrons. The molecule has 0 bridgehead atoms. The van der Waals surface area contributed by atoms with Crippen molar-refractivity contribution in [2.45, 2.75) is 18.8 Å². The van der Waals surface area contributed by atoms with Gasteiger partial charge < -0.3 is 0 Å². The van der Waals surface area contributed by atoms with Crippen LogP contribution in [0.25, 0.3) is 0 Å². The van der Waals surface area contributed by atoms with E-state index in [1.54, 1.807) is 0 Å². The number of aryl methyl sites for hydroxylation is 1. The van der Waals surface area contributed by atoms with Crippen LogP contribution >= 0.6 is 0 Å². The van der Waals surface area contributed by atoms with Crippen molar-refractivity contribution in [2.24, 2.45) is 0 Å². The molecule has 0 unspecified atom stereocenters. The summed E-state index contributed by atoms with van der Waals surface area (Å²) in [6.07, 6.45) is 7.38. The summed E-state index contributed by atoms with van der Waals surface area (Å²) in [5.74, 6) is 0.203. The van der Waals surface area contributed by atoms with Crippen LogP contribution in [0.4, 0.5) is 0 Å². The Morgan fingerprint density at radius 2 is 1.24 bits per heavy atom. The zero-order valence-corrected chi connectivity index (χ0v) is 11.8. The minimum Gasteiger partial charge on any atom is -0.261 e. The molecule has 0 aromatic carbocycles. The lowest BCUT2D eigenvalue weighted by atomic mass is 9.93. The van der Waals surface area contributed by atoms with E-state index < -0.39 is 0 Å². The molecule has 0 saturated heterocycles. The fourth-order valence-corrected chi connectivity index (χ4v) is 2.45. The van der Waals surface area contributed by atoms with Crippen LogP contribution in [-0.4, -0.2) is 15.0 Å². The summed E-state index contributed by atoms with van der Waals surface area (Å²) in [5.41, 5.74) is 3.23. The maximum Gasteiger partial charge on any atom is 0.0494 e. The van der Waals surface area contributed by atoms with Crippen LogP contribution in [0.2, 0.25) is 0 Å². The number of nitrogens with zero attached hydrogens (tertiary/aromatic N) is 3. The molecule has 104 valence electrons. The van der Waals surface area contributed by atoms with Gasteiger partial charge in [0.2, 0.25) is 0 Å². The Bertz CT molecular complexity index is 614. The van der Waals surface area contributed by atoms with Gasteiger partial charge in [-0.1, -0.05) is 18.2 Å². The summed E-state index contributed by atoms with van der Waals surface area (Å²) >= 11 is 0. The Morgan fingerprint density at radius 3 is 1.71 bits per heavy atom. The van der Waals surface area contributed by atoms with Crippen LogP contribution in [0.3, 0.4) is 0 Å². The average Bonchev–Trinajstić information content (AvgIpc) is 2.58. The van der Waals surface area contributed by atoms with Crippen molar-refractivity contribution >= 4 is 0 Å². The Kier molecular flexibility index (Phi) is 4.32. The third-order valence-electron chi connectivity index (χ3n) is 3.50. The van der Waals surface area contributed by atoms with Crippen molar-refractivity contribution in [3.05, 3.63) is 90.3 Å². The second-order valence-corrected chi connectivity index (χ2v) is 4.92. The Morgan fingerprint density at radius 1 is 0.667 bits per heavy atom. The summed E-state index contributed by atoms with van der Waals surface area (Å²) < 4.78 is 0. The minimum absolute atomic E-state index is 0.203. The van der Waals surface area contributed by atoms with Crippen molar-refractivity contribution < 1.29 is 0 Å². The van der Waals surface area contributed by atoms with E-state index >= 15 is 0 Å². The third kappa shape index (κ3) is 3.51. The fraction of sp³-hybridized carbons (Fsp3) is 0.167. The van der Waals surface area contributed by atoms with Gasteiger partial charge in [-0.3, -0.25) is 15.0 Å². The lowest BCUT2D eigenvalue weighted by Gasteiger charge is -2.15. The minimum atomic E-state index is 0.203. The lowest BCUT2D eigenvalue weighted by molar-refractivity contribution is 0.669. The zero-order chi connectivity index (χ0) is 14.3. The van der Waals surface area contributed by atoms with E-state index in [-0.39, 0.29) is 5.92 Å². The van der Waals surface area contributed by atoms with Gasteiger partial charge in [-0.2, -0.15) is 0 Å². The lowest BCUT2D eigenvalue weighted by Crippen LogP contribution is -2.07. The van der Waals surface area contributed by atoms with Gasteiger partial charge in [0.25, 0.3) is 0 Å². The number of aromatic nitrogens is 3. The molecule has 3 heteroatoms. The van der Waals surface area contributed by atoms with E-state index in [0.717, 1.165) is 29.9 Å². The molecule has 3 aromatic rings. The highest BCUT2D eigenvalue weighted by molar-refractivity contribution is 5.23. The van der Waals surface area contributed by atoms with Gasteiger partial charge in [0, 0.05) is 41.6 Å². The molecule has 0 amide bonds. The van der Waals surface area contributed by atoms with Gasteiger partial charge in [-0.05, 0) is 49.2 Å². The van der Waals surface area contributed by atoms with Crippen LogP contribution < -0.4 is 0 Å². The first-order valence-electron chi connectivity index (χ1n) is 7.15. The first-order valence-corrected chi connectivity index (χ1v) is 7.15. The van der Waals surface area contributed by atoms with E-state index in [9.17, 15) is 0 Å². The number of hydrogen-bond donors (Lipinski definition) is 0. The van der Waals surface area contributed by atoms with E-state index in [4.69, 9.17) is 0 Å². The maximum absolute atomic E-state index is 4.51. The molecule has 0 fully saturated rings. The topological polar surface area (TPSA) is 38.7 Å². The largest absolute Gasteiger partial charge is 0.261 e. The predicted octanol–water partition coefficient (Wildman–Crippen LogP) is 3.64. The summed E-state index contributed by atoms with van der Waals surface area (Å²) in [4.78, 5) is 13.4. The van der Waals surface area contributed by atoms with Crippen molar-refractivity contribution in [3.8, 4) is 0 Å². The Labute approximate surface area is 124 Å². The molecule has 21 heavy (non-hydrogen) atoms.